The molecule has 1 saturated heterocycles. The lowest BCUT2D eigenvalue weighted by molar-refractivity contribution is -0.144. The highest BCUT2D eigenvalue weighted by molar-refractivity contribution is 5.75. The van der Waals surface area contributed by atoms with Crippen molar-refractivity contribution in [3.8, 4) is 0 Å². The van der Waals surface area contributed by atoms with Crippen LogP contribution in [0.5, 0.6) is 0 Å². The molecular formula is C12H13F3N4O4. The summed E-state index contributed by atoms with van der Waals surface area (Å²) in [6.07, 6.45) is -5.36. The van der Waals surface area contributed by atoms with Crippen molar-refractivity contribution in [3.63, 3.8) is 0 Å². The first-order valence-corrected chi connectivity index (χ1v) is 6.29. The summed E-state index contributed by atoms with van der Waals surface area (Å²) in [4.78, 5) is 22.7. The Kier molecular flexibility index (Phi) is 4.73. The molecule has 8 nitrogen and oxygen atoms in total. The number of hydrogen-bond donors (Lipinski definition) is 4. The molecule has 1 aliphatic rings. The molecule has 1 fully saturated rings. The normalized spacial score (nSPS) is 21.8. The van der Waals surface area contributed by atoms with Crippen LogP contribution in [-0.4, -0.2) is 35.4 Å². The van der Waals surface area contributed by atoms with Gasteiger partial charge in [-0.1, -0.05) is 12.1 Å². The van der Waals surface area contributed by atoms with Crippen LogP contribution in [0.25, 0.3) is 0 Å². The molecule has 2 unspecified atom stereocenters. The van der Waals surface area contributed by atoms with Crippen LogP contribution in [-0.2, 0) is 15.7 Å². The molecule has 11 heteroatoms. The average Bonchev–Trinajstić information content (AvgIpc) is 2.52. The molecule has 0 spiro atoms. The Morgan fingerprint density at radius 2 is 1.87 bits per heavy atom. The molecule has 4 N–H and O–H groups in total. The number of alkyl halides is 3. The zero-order chi connectivity index (χ0) is 17.2. The fourth-order valence-corrected chi connectivity index (χ4v) is 2.00. The van der Waals surface area contributed by atoms with E-state index in [1.807, 2.05) is 0 Å². The van der Waals surface area contributed by atoms with E-state index < -0.39 is 35.9 Å². The number of hydrazine groups is 3. The first kappa shape index (κ1) is 17.0. The Morgan fingerprint density at radius 3 is 2.35 bits per heavy atom. The molecule has 0 radical (unpaired) electrons. The van der Waals surface area contributed by atoms with Gasteiger partial charge in [-0.2, -0.15) is 18.3 Å². The predicted molar refractivity (Wildman–Crippen MR) is 69.3 cm³/mol. The number of aliphatic carboxylic acids is 1. The van der Waals surface area contributed by atoms with Gasteiger partial charge in [-0.05, 0) is 17.7 Å². The molecule has 2 rings (SSSR count). The Hall–Kier alpha value is -2.37. The zero-order valence-corrected chi connectivity index (χ0v) is 11.7. The summed E-state index contributed by atoms with van der Waals surface area (Å²) in [5, 5.41) is 9.93. The van der Waals surface area contributed by atoms with Gasteiger partial charge in [-0.15, -0.1) is 5.53 Å². The number of carbonyl (C=O) groups excluding carboxylic acids is 1. The SMILES string of the molecule is COC(=O)N1NNC(C(=O)O)C(c2ccc(C(F)(F)F)cc2)N1. The van der Waals surface area contributed by atoms with Crippen molar-refractivity contribution >= 4 is 12.1 Å². The second-order valence-corrected chi connectivity index (χ2v) is 4.60. The summed E-state index contributed by atoms with van der Waals surface area (Å²) < 4.78 is 42.2. The second kappa shape index (κ2) is 6.40. The first-order valence-electron chi connectivity index (χ1n) is 6.29. The monoisotopic (exact) mass is 334 g/mol. The minimum Gasteiger partial charge on any atom is -0.480 e. The third kappa shape index (κ3) is 3.70. The minimum absolute atomic E-state index is 0.244. The molecule has 0 saturated carbocycles. The Labute approximate surface area is 128 Å². The van der Waals surface area contributed by atoms with Gasteiger partial charge >= 0.3 is 18.2 Å². The van der Waals surface area contributed by atoms with Crippen LogP contribution >= 0.6 is 0 Å². The van der Waals surface area contributed by atoms with Crippen LogP contribution in [0.4, 0.5) is 18.0 Å². The molecule has 1 aliphatic heterocycles. The standard InChI is InChI=1S/C12H13F3N4O4/c1-23-11(22)19-17-8(9(10(20)21)16-18-19)6-2-4-7(5-3-6)12(13,14)15/h2-5,8-9,16-18H,1H3,(H,20,21). The highest BCUT2D eigenvalue weighted by Gasteiger charge is 2.37. The fraction of sp³-hybridized carbons (Fsp3) is 0.333. The van der Waals surface area contributed by atoms with E-state index in [1.54, 1.807) is 0 Å². The maximum atomic E-state index is 12.6. The van der Waals surface area contributed by atoms with Gasteiger partial charge in [0.05, 0.1) is 18.7 Å². The fourth-order valence-electron chi connectivity index (χ4n) is 2.00. The maximum absolute atomic E-state index is 12.6. The summed E-state index contributed by atoms with van der Waals surface area (Å²) in [7, 11) is 1.11. The second-order valence-electron chi connectivity index (χ2n) is 4.60. The number of rotatable bonds is 2. The van der Waals surface area contributed by atoms with E-state index in [9.17, 15) is 27.9 Å². The summed E-state index contributed by atoms with van der Waals surface area (Å²) in [5.41, 5.74) is 6.56. The van der Waals surface area contributed by atoms with Crippen LogP contribution in [0.15, 0.2) is 24.3 Å². The van der Waals surface area contributed by atoms with Gasteiger partial charge < -0.3 is 9.84 Å². The first-order chi connectivity index (χ1) is 10.7. The van der Waals surface area contributed by atoms with E-state index in [4.69, 9.17) is 0 Å². The number of nitrogens with one attached hydrogen (secondary N) is 3. The third-order valence-corrected chi connectivity index (χ3v) is 3.15. The largest absolute Gasteiger partial charge is 0.480 e. The molecule has 0 bridgehead atoms. The molecule has 1 aromatic carbocycles. The van der Waals surface area contributed by atoms with E-state index >= 15 is 0 Å². The zero-order valence-electron chi connectivity index (χ0n) is 11.7. The number of carboxylic acids is 1. The number of ether oxygens (including phenoxy) is 1. The molecule has 0 aromatic heterocycles. The van der Waals surface area contributed by atoms with Crippen molar-refractivity contribution in [1.29, 1.82) is 0 Å². The molecule has 23 heavy (non-hydrogen) atoms. The Morgan fingerprint density at radius 1 is 1.26 bits per heavy atom. The summed E-state index contributed by atoms with van der Waals surface area (Å²) in [5.74, 6) is -1.26. The van der Waals surface area contributed by atoms with Crippen LogP contribution < -0.4 is 16.4 Å². The van der Waals surface area contributed by atoms with E-state index in [2.05, 4.69) is 21.1 Å². The van der Waals surface area contributed by atoms with Gasteiger partial charge in [0.1, 0.15) is 6.04 Å². The van der Waals surface area contributed by atoms with E-state index in [0.717, 1.165) is 36.5 Å². The number of carboxylic acid groups (broad SMARTS) is 1. The number of benzene rings is 1. The number of hydrogen-bond acceptors (Lipinski definition) is 6. The molecule has 1 amide bonds. The van der Waals surface area contributed by atoms with Gasteiger partial charge in [0.25, 0.3) is 0 Å². The Balaban J connectivity index is 2.27. The van der Waals surface area contributed by atoms with Crippen molar-refractivity contribution in [2.75, 3.05) is 7.11 Å². The quantitative estimate of drug-likeness (QED) is 0.634. The molecule has 0 aliphatic carbocycles. The predicted octanol–water partition coefficient (Wildman–Crippen LogP) is 0.796. The lowest BCUT2D eigenvalue weighted by atomic mass is 9.98. The topological polar surface area (TPSA) is 103 Å². The number of methoxy groups -OCH3 is 1. The smallest absolute Gasteiger partial charge is 0.440 e. The highest BCUT2D eigenvalue weighted by atomic mass is 19.4. The number of nitrogens with zero attached hydrogens (tertiary/aromatic N) is 1. The van der Waals surface area contributed by atoms with Gasteiger partial charge in [0.15, 0.2) is 0 Å². The van der Waals surface area contributed by atoms with Crippen LogP contribution in [0.1, 0.15) is 17.2 Å². The average molecular weight is 334 g/mol. The molecule has 2 atom stereocenters. The van der Waals surface area contributed by atoms with Crippen LogP contribution in [0.3, 0.4) is 0 Å². The van der Waals surface area contributed by atoms with Crippen molar-refractivity contribution in [2.45, 2.75) is 18.3 Å². The minimum atomic E-state index is -4.50. The van der Waals surface area contributed by atoms with Crippen molar-refractivity contribution < 1.29 is 32.6 Å². The van der Waals surface area contributed by atoms with Gasteiger partial charge in [0, 0.05) is 0 Å². The molecular weight excluding hydrogens is 321 g/mol. The summed E-state index contributed by atoms with van der Waals surface area (Å²) in [6.45, 7) is 0. The van der Waals surface area contributed by atoms with Gasteiger partial charge in [-0.25, -0.2) is 15.6 Å². The van der Waals surface area contributed by atoms with Crippen LogP contribution in [0, 0.1) is 0 Å². The van der Waals surface area contributed by atoms with Gasteiger partial charge in [0.2, 0.25) is 0 Å². The summed E-state index contributed by atoms with van der Waals surface area (Å²) >= 11 is 0. The number of amides is 1. The van der Waals surface area contributed by atoms with Gasteiger partial charge in [-0.3, -0.25) is 4.79 Å². The van der Waals surface area contributed by atoms with E-state index in [0.29, 0.717) is 0 Å². The van der Waals surface area contributed by atoms with Crippen LogP contribution in [0.2, 0.25) is 0 Å². The number of carbonyl (C=O) groups is 2. The molecule has 1 heterocycles. The van der Waals surface area contributed by atoms with Crippen molar-refractivity contribution in [3.05, 3.63) is 35.4 Å². The summed E-state index contributed by atoms with van der Waals surface area (Å²) in [6, 6.07) is 1.71. The molecule has 1 aromatic rings. The van der Waals surface area contributed by atoms with E-state index in [-0.39, 0.29) is 5.56 Å². The third-order valence-electron chi connectivity index (χ3n) is 3.15. The highest BCUT2D eigenvalue weighted by Crippen LogP contribution is 2.30. The molecule has 126 valence electrons. The van der Waals surface area contributed by atoms with Crippen molar-refractivity contribution in [2.24, 2.45) is 0 Å². The maximum Gasteiger partial charge on any atom is 0.440 e. The van der Waals surface area contributed by atoms with E-state index in [1.165, 1.54) is 0 Å². The number of halogens is 3. The lowest BCUT2D eigenvalue weighted by Gasteiger charge is -2.37. The van der Waals surface area contributed by atoms with Crippen molar-refractivity contribution in [1.82, 2.24) is 21.5 Å². The Bertz CT molecular complexity index is 593. The lowest BCUT2D eigenvalue weighted by Crippen LogP contribution is -2.69.